The lowest BCUT2D eigenvalue weighted by molar-refractivity contribution is -0.121. The summed E-state index contributed by atoms with van der Waals surface area (Å²) in [7, 11) is 0. The van der Waals surface area contributed by atoms with E-state index in [1.54, 1.807) is 0 Å². The first kappa shape index (κ1) is 19.9. The van der Waals surface area contributed by atoms with E-state index in [4.69, 9.17) is 9.72 Å². The van der Waals surface area contributed by atoms with Crippen molar-refractivity contribution >= 4 is 16.9 Å². The smallest absolute Gasteiger partial charge is 0.220 e. The molecule has 1 N–H and O–H groups in total. The van der Waals surface area contributed by atoms with Crippen molar-refractivity contribution < 1.29 is 9.53 Å². The molecule has 0 aliphatic rings. The normalized spacial score (nSPS) is 11.0. The Balaban J connectivity index is 1.65. The van der Waals surface area contributed by atoms with Gasteiger partial charge in [0.2, 0.25) is 5.91 Å². The van der Waals surface area contributed by atoms with Gasteiger partial charge in [0, 0.05) is 13.0 Å². The lowest BCUT2D eigenvalue weighted by Crippen LogP contribution is -2.24. The number of amides is 1. The molecule has 0 bridgehead atoms. The van der Waals surface area contributed by atoms with E-state index in [9.17, 15) is 4.79 Å². The van der Waals surface area contributed by atoms with Crippen molar-refractivity contribution in [3.8, 4) is 5.75 Å². The van der Waals surface area contributed by atoms with Gasteiger partial charge in [-0.2, -0.15) is 0 Å². The molecule has 0 fully saturated rings. The Bertz CT molecular complexity index is 946. The number of benzene rings is 2. The van der Waals surface area contributed by atoms with E-state index in [0.717, 1.165) is 47.6 Å². The fourth-order valence-electron chi connectivity index (χ4n) is 3.37. The van der Waals surface area contributed by atoms with Crippen molar-refractivity contribution in [2.75, 3.05) is 6.61 Å². The second-order valence-corrected chi connectivity index (χ2v) is 7.17. The number of ether oxygens (including phenoxy) is 1. The Morgan fingerprint density at radius 1 is 1.18 bits per heavy atom. The molecule has 0 saturated carbocycles. The third-order valence-electron chi connectivity index (χ3n) is 4.77. The van der Waals surface area contributed by atoms with Gasteiger partial charge in [-0.05, 0) is 50.5 Å². The highest BCUT2D eigenvalue weighted by molar-refractivity contribution is 5.77. The molecule has 0 saturated heterocycles. The number of aromatic nitrogens is 2. The third-order valence-corrected chi connectivity index (χ3v) is 4.77. The average molecular weight is 380 g/mol. The van der Waals surface area contributed by atoms with Crippen LogP contribution < -0.4 is 10.1 Å². The molecule has 0 atom stereocenters. The largest absolute Gasteiger partial charge is 0.493 e. The van der Waals surface area contributed by atoms with E-state index in [-0.39, 0.29) is 5.91 Å². The van der Waals surface area contributed by atoms with Crippen LogP contribution in [-0.2, 0) is 17.9 Å². The van der Waals surface area contributed by atoms with Gasteiger partial charge < -0.3 is 14.6 Å². The van der Waals surface area contributed by atoms with Crippen molar-refractivity contribution in [3.63, 3.8) is 0 Å². The lowest BCUT2D eigenvalue weighted by atomic mass is 10.1. The number of hydrogen-bond acceptors (Lipinski definition) is 3. The molecule has 0 radical (unpaired) electrons. The number of imidazole rings is 1. The topological polar surface area (TPSA) is 56.2 Å². The van der Waals surface area contributed by atoms with Crippen molar-refractivity contribution in [3.05, 3.63) is 59.4 Å². The molecule has 2 aromatic carbocycles. The second kappa shape index (κ2) is 9.40. The minimum atomic E-state index is 0.0688. The maximum Gasteiger partial charge on any atom is 0.220 e. The maximum atomic E-state index is 11.8. The summed E-state index contributed by atoms with van der Waals surface area (Å²) in [5, 5.41) is 2.98. The molecule has 1 amide bonds. The zero-order valence-corrected chi connectivity index (χ0v) is 17.0. The summed E-state index contributed by atoms with van der Waals surface area (Å²) in [6.45, 7) is 8.04. The number of carbonyl (C=O) groups excluding carboxylic acids is 1. The fourth-order valence-corrected chi connectivity index (χ4v) is 3.37. The molecular weight excluding hydrogens is 350 g/mol. The Kier molecular flexibility index (Phi) is 6.69. The van der Waals surface area contributed by atoms with Crippen molar-refractivity contribution in [2.45, 2.75) is 53.1 Å². The summed E-state index contributed by atoms with van der Waals surface area (Å²) in [5.41, 5.74) is 4.45. The van der Waals surface area contributed by atoms with Crippen molar-refractivity contribution in [2.24, 2.45) is 0 Å². The van der Waals surface area contributed by atoms with Crippen LogP contribution >= 0.6 is 0 Å². The zero-order chi connectivity index (χ0) is 19.9. The van der Waals surface area contributed by atoms with Gasteiger partial charge in [0.15, 0.2) is 0 Å². The third kappa shape index (κ3) is 4.91. The summed E-state index contributed by atoms with van der Waals surface area (Å²) >= 11 is 0. The van der Waals surface area contributed by atoms with E-state index in [2.05, 4.69) is 41.9 Å². The van der Waals surface area contributed by atoms with E-state index < -0.39 is 0 Å². The molecular formula is C23H29N3O2. The predicted molar refractivity (Wildman–Crippen MR) is 113 cm³/mol. The number of rotatable bonds is 9. The molecule has 28 heavy (non-hydrogen) atoms. The summed E-state index contributed by atoms with van der Waals surface area (Å²) in [4.78, 5) is 16.6. The summed E-state index contributed by atoms with van der Waals surface area (Å²) < 4.78 is 8.16. The van der Waals surface area contributed by atoms with Gasteiger partial charge in [-0.15, -0.1) is 0 Å². The molecule has 1 heterocycles. The van der Waals surface area contributed by atoms with Crippen LogP contribution in [0, 0.1) is 13.8 Å². The Hall–Kier alpha value is -2.82. The first-order valence-corrected chi connectivity index (χ1v) is 9.99. The predicted octanol–water partition coefficient (Wildman–Crippen LogP) is 4.54. The van der Waals surface area contributed by atoms with Crippen LogP contribution in [0.25, 0.3) is 11.0 Å². The summed E-state index contributed by atoms with van der Waals surface area (Å²) in [6.07, 6.45) is 2.26. The highest BCUT2D eigenvalue weighted by Crippen LogP contribution is 2.20. The molecule has 0 unspecified atom stereocenters. The van der Waals surface area contributed by atoms with Crippen LogP contribution in [0.4, 0.5) is 0 Å². The highest BCUT2D eigenvalue weighted by Gasteiger charge is 2.11. The quantitative estimate of drug-likeness (QED) is 0.555. The fraction of sp³-hybridized carbons (Fsp3) is 0.391. The van der Waals surface area contributed by atoms with E-state index >= 15 is 0 Å². The standard InChI is InChI=1S/C23H29N3O2/c1-4-8-23(27)24-16-22-25-19-9-5-6-10-20(19)26(22)13-7-14-28-21-12-11-17(2)15-18(21)3/h5-6,9-12,15H,4,7-8,13-14,16H2,1-3H3,(H,24,27). The van der Waals surface area contributed by atoms with Crippen LogP contribution in [-0.4, -0.2) is 22.1 Å². The summed E-state index contributed by atoms with van der Waals surface area (Å²) in [6, 6.07) is 14.3. The van der Waals surface area contributed by atoms with Crippen LogP contribution in [0.2, 0.25) is 0 Å². The first-order valence-electron chi connectivity index (χ1n) is 9.99. The highest BCUT2D eigenvalue weighted by atomic mass is 16.5. The average Bonchev–Trinajstić information content (AvgIpc) is 3.03. The number of fused-ring (bicyclic) bond motifs is 1. The molecule has 148 valence electrons. The molecule has 3 aromatic rings. The Morgan fingerprint density at radius 3 is 2.79 bits per heavy atom. The first-order chi connectivity index (χ1) is 13.6. The Labute approximate surface area is 166 Å². The molecule has 1 aromatic heterocycles. The van der Waals surface area contributed by atoms with Crippen molar-refractivity contribution in [1.82, 2.24) is 14.9 Å². The van der Waals surface area contributed by atoms with Gasteiger partial charge in [0.25, 0.3) is 0 Å². The monoisotopic (exact) mass is 379 g/mol. The number of aryl methyl sites for hydroxylation is 3. The zero-order valence-electron chi connectivity index (χ0n) is 17.0. The number of para-hydroxylation sites is 2. The minimum absolute atomic E-state index is 0.0688. The van der Waals surface area contributed by atoms with Gasteiger partial charge in [-0.25, -0.2) is 4.98 Å². The van der Waals surface area contributed by atoms with E-state index in [1.807, 2.05) is 31.2 Å². The maximum absolute atomic E-state index is 11.8. The van der Waals surface area contributed by atoms with Crippen LogP contribution in [0.5, 0.6) is 5.75 Å². The van der Waals surface area contributed by atoms with Crippen molar-refractivity contribution in [1.29, 1.82) is 0 Å². The number of nitrogens with one attached hydrogen (secondary N) is 1. The van der Waals surface area contributed by atoms with E-state index in [0.29, 0.717) is 19.6 Å². The number of hydrogen-bond donors (Lipinski definition) is 1. The molecule has 0 spiro atoms. The molecule has 0 aliphatic carbocycles. The van der Waals surface area contributed by atoms with Gasteiger partial charge in [-0.3, -0.25) is 4.79 Å². The van der Waals surface area contributed by atoms with Gasteiger partial charge in [0.1, 0.15) is 11.6 Å². The second-order valence-electron chi connectivity index (χ2n) is 7.17. The van der Waals surface area contributed by atoms with E-state index in [1.165, 1.54) is 5.56 Å². The van der Waals surface area contributed by atoms with Gasteiger partial charge in [0.05, 0.1) is 24.2 Å². The minimum Gasteiger partial charge on any atom is -0.493 e. The number of carbonyl (C=O) groups is 1. The van der Waals surface area contributed by atoms with Gasteiger partial charge in [-0.1, -0.05) is 36.8 Å². The number of nitrogens with zero attached hydrogens (tertiary/aromatic N) is 2. The Morgan fingerprint density at radius 2 is 2.00 bits per heavy atom. The van der Waals surface area contributed by atoms with Gasteiger partial charge >= 0.3 is 0 Å². The summed E-state index contributed by atoms with van der Waals surface area (Å²) in [5.74, 6) is 1.89. The van der Waals surface area contributed by atoms with Crippen LogP contribution in [0.1, 0.15) is 43.1 Å². The molecule has 3 rings (SSSR count). The molecule has 5 nitrogen and oxygen atoms in total. The SMILES string of the molecule is CCCC(=O)NCc1nc2ccccc2n1CCCOc1ccc(C)cc1C. The van der Waals surface area contributed by atoms with Crippen LogP contribution in [0.3, 0.4) is 0 Å². The van der Waals surface area contributed by atoms with Crippen LogP contribution in [0.15, 0.2) is 42.5 Å². The molecule has 0 aliphatic heterocycles. The molecule has 5 heteroatoms. The lowest BCUT2D eigenvalue weighted by Gasteiger charge is -2.12.